The average Bonchev–Trinajstić information content (AvgIpc) is 2.98. The smallest absolute Gasteiger partial charge is 0.240 e. The minimum absolute atomic E-state index is 0.105. The zero-order valence-electron chi connectivity index (χ0n) is 11.0. The highest BCUT2D eigenvalue weighted by molar-refractivity contribution is 7.89. The van der Waals surface area contributed by atoms with Crippen molar-refractivity contribution in [2.45, 2.75) is 11.4 Å². The molecule has 2 aromatic heterocycles. The van der Waals surface area contributed by atoms with Gasteiger partial charge < -0.3 is 10.2 Å². The van der Waals surface area contributed by atoms with Crippen LogP contribution < -0.4 is 10.5 Å². The molecular weight excluding hydrogens is 290 g/mol. The number of hydrogen-bond acceptors (Lipinski definition) is 5. The van der Waals surface area contributed by atoms with Crippen molar-refractivity contribution in [2.75, 3.05) is 5.73 Å². The lowest BCUT2D eigenvalue weighted by atomic mass is 10.2. The Morgan fingerprint density at radius 2 is 2.05 bits per heavy atom. The second-order valence-electron chi connectivity index (χ2n) is 4.49. The normalized spacial score (nSPS) is 11.8. The van der Waals surface area contributed by atoms with Crippen molar-refractivity contribution >= 4 is 26.7 Å². The molecule has 3 aromatic rings. The first kappa shape index (κ1) is 13.6. The maximum Gasteiger partial charge on any atom is 0.240 e. The molecule has 0 unspecified atom stereocenters. The van der Waals surface area contributed by atoms with Crippen LogP contribution in [0.25, 0.3) is 10.9 Å². The number of rotatable bonds is 4. The average molecular weight is 303 g/mol. The number of furan rings is 1. The second kappa shape index (κ2) is 5.19. The number of nitrogens with zero attached hydrogens (tertiary/aromatic N) is 1. The van der Waals surface area contributed by atoms with Gasteiger partial charge in [-0.15, -0.1) is 0 Å². The van der Waals surface area contributed by atoms with Crippen molar-refractivity contribution in [3.8, 4) is 0 Å². The summed E-state index contributed by atoms with van der Waals surface area (Å²) < 4.78 is 32.1. The molecule has 0 amide bonds. The van der Waals surface area contributed by atoms with E-state index in [9.17, 15) is 8.42 Å². The van der Waals surface area contributed by atoms with E-state index in [4.69, 9.17) is 10.2 Å². The summed E-state index contributed by atoms with van der Waals surface area (Å²) in [6.07, 6.45) is 1.50. The molecule has 1 aromatic carbocycles. The number of aromatic nitrogens is 1. The molecule has 0 bridgehead atoms. The van der Waals surface area contributed by atoms with Crippen LogP contribution in [0.4, 0.5) is 5.82 Å². The third kappa shape index (κ3) is 2.88. The van der Waals surface area contributed by atoms with Crippen LogP contribution in [0.2, 0.25) is 0 Å². The van der Waals surface area contributed by atoms with Gasteiger partial charge in [-0.2, -0.15) is 0 Å². The lowest BCUT2D eigenvalue weighted by molar-refractivity contribution is 0.498. The van der Waals surface area contributed by atoms with Gasteiger partial charge in [-0.05, 0) is 42.5 Å². The Hall–Kier alpha value is -2.38. The van der Waals surface area contributed by atoms with Crippen LogP contribution in [0, 0.1) is 0 Å². The van der Waals surface area contributed by atoms with Crippen molar-refractivity contribution < 1.29 is 12.8 Å². The van der Waals surface area contributed by atoms with Crippen LogP contribution in [-0.2, 0) is 16.6 Å². The van der Waals surface area contributed by atoms with Crippen molar-refractivity contribution in [1.29, 1.82) is 0 Å². The van der Waals surface area contributed by atoms with E-state index in [2.05, 4.69) is 9.71 Å². The third-order valence-electron chi connectivity index (χ3n) is 3.01. The Labute approximate surface area is 121 Å². The molecule has 0 spiro atoms. The van der Waals surface area contributed by atoms with Crippen molar-refractivity contribution in [1.82, 2.24) is 9.71 Å². The van der Waals surface area contributed by atoms with E-state index in [1.807, 2.05) is 0 Å². The van der Waals surface area contributed by atoms with E-state index in [0.29, 0.717) is 22.5 Å². The van der Waals surface area contributed by atoms with Gasteiger partial charge in [-0.3, -0.25) is 0 Å². The third-order valence-corrected chi connectivity index (χ3v) is 4.41. The molecule has 0 aliphatic carbocycles. The number of nitrogen functional groups attached to an aromatic ring is 1. The van der Waals surface area contributed by atoms with E-state index in [0.717, 1.165) is 0 Å². The number of pyridine rings is 1. The first-order valence-corrected chi connectivity index (χ1v) is 7.71. The number of hydrogen-bond donors (Lipinski definition) is 2. The Morgan fingerprint density at radius 3 is 2.81 bits per heavy atom. The molecule has 0 radical (unpaired) electrons. The Morgan fingerprint density at radius 1 is 1.19 bits per heavy atom. The fourth-order valence-corrected chi connectivity index (χ4v) is 2.98. The predicted octanol–water partition coefficient (Wildman–Crippen LogP) is 1.89. The van der Waals surface area contributed by atoms with Crippen LogP contribution in [0.5, 0.6) is 0 Å². The minimum atomic E-state index is -3.61. The summed E-state index contributed by atoms with van der Waals surface area (Å²) in [7, 11) is -3.61. The molecule has 0 saturated heterocycles. The standard InChI is InChI=1S/C14H13N3O3S/c15-14-6-3-10-8-12(4-5-13(10)17-14)21(18,19)16-9-11-2-1-7-20-11/h1-8,16H,9H2,(H2,15,17). The van der Waals surface area contributed by atoms with Crippen molar-refractivity contribution in [3.05, 3.63) is 54.5 Å². The fraction of sp³-hybridized carbons (Fsp3) is 0.0714. The largest absolute Gasteiger partial charge is 0.468 e. The highest BCUT2D eigenvalue weighted by Gasteiger charge is 2.15. The molecule has 6 nitrogen and oxygen atoms in total. The summed E-state index contributed by atoms with van der Waals surface area (Å²) in [4.78, 5) is 4.31. The van der Waals surface area contributed by atoms with E-state index in [1.165, 1.54) is 12.3 Å². The number of benzene rings is 1. The lowest BCUT2D eigenvalue weighted by Crippen LogP contribution is -2.22. The maximum atomic E-state index is 12.2. The number of sulfonamides is 1. The van der Waals surface area contributed by atoms with E-state index >= 15 is 0 Å². The molecule has 2 heterocycles. The van der Waals surface area contributed by atoms with Gasteiger partial charge in [-0.25, -0.2) is 18.1 Å². The van der Waals surface area contributed by atoms with Gasteiger partial charge in [0.15, 0.2) is 0 Å². The highest BCUT2D eigenvalue weighted by Crippen LogP contribution is 2.19. The van der Waals surface area contributed by atoms with Crippen LogP contribution in [0.3, 0.4) is 0 Å². The molecule has 3 rings (SSSR count). The van der Waals surface area contributed by atoms with Gasteiger partial charge in [0.05, 0.1) is 23.2 Å². The van der Waals surface area contributed by atoms with Gasteiger partial charge >= 0.3 is 0 Å². The van der Waals surface area contributed by atoms with Gasteiger partial charge in [0.25, 0.3) is 0 Å². The van der Waals surface area contributed by atoms with Gasteiger partial charge in [0.1, 0.15) is 11.6 Å². The summed E-state index contributed by atoms with van der Waals surface area (Å²) in [6.45, 7) is 0.105. The van der Waals surface area contributed by atoms with Crippen molar-refractivity contribution in [2.24, 2.45) is 0 Å². The summed E-state index contributed by atoms with van der Waals surface area (Å²) >= 11 is 0. The fourth-order valence-electron chi connectivity index (χ4n) is 1.95. The summed E-state index contributed by atoms with van der Waals surface area (Å²) in [5, 5.41) is 0.713. The van der Waals surface area contributed by atoms with Crippen LogP contribution in [0.15, 0.2) is 58.0 Å². The van der Waals surface area contributed by atoms with Gasteiger partial charge in [0, 0.05) is 5.39 Å². The van der Waals surface area contributed by atoms with Gasteiger partial charge in [0.2, 0.25) is 10.0 Å². The highest BCUT2D eigenvalue weighted by atomic mass is 32.2. The number of fused-ring (bicyclic) bond motifs is 1. The number of nitrogens with two attached hydrogens (primary N) is 1. The Kier molecular flexibility index (Phi) is 3.36. The molecule has 7 heteroatoms. The maximum absolute atomic E-state index is 12.2. The van der Waals surface area contributed by atoms with E-state index in [1.54, 1.807) is 36.4 Å². The molecule has 3 N–H and O–H groups in total. The Bertz CT molecular complexity index is 874. The Balaban J connectivity index is 1.89. The summed E-state index contributed by atoms with van der Waals surface area (Å²) in [5.41, 5.74) is 6.25. The van der Waals surface area contributed by atoms with Crippen LogP contribution in [-0.4, -0.2) is 13.4 Å². The molecule has 21 heavy (non-hydrogen) atoms. The molecule has 108 valence electrons. The van der Waals surface area contributed by atoms with Crippen molar-refractivity contribution in [3.63, 3.8) is 0 Å². The van der Waals surface area contributed by atoms with Crippen LogP contribution >= 0.6 is 0 Å². The van der Waals surface area contributed by atoms with Crippen LogP contribution in [0.1, 0.15) is 5.76 Å². The molecule has 0 saturated carbocycles. The van der Waals surface area contributed by atoms with Gasteiger partial charge in [-0.1, -0.05) is 0 Å². The zero-order chi connectivity index (χ0) is 14.9. The first-order valence-electron chi connectivity index (χ1n) is 6.23. The zero-order valence-corrected chi connectivity index (χ0v) is 11.8. The molecule has 0 aliphatic heterocycles. The summed E-state index contributed by atoms with van der Waals surface area (Å²) in [5.74, 6) is 0.947. The minimum Gasteiger partial charge on any atom is -0.468 e. The topological polar surface area (TPSA) is 98.2 Å². The van der Waals surface area contributed by atoms with E-state index in [-0.39, 0.29) is 11.4 Å². The first-order chi connectivity index (χ1) is 10.0. The SMILES string of the molecule is Nc1ccc2cc(S(=O)(=O)NCc3ccco3)ccc2n1. The number of nitrogens with one attached hydrogen (secondary N) is 1. The monoisotopic (exact) mass is 303 g/mol. The molecule has 0 aliphatic rings. The lowest BCUT2D eigenvalue weighted by Gasteiger charge is -2.06. The summed E-state index contributed by atoms with van der Waals surface area (Å²) in [6, 6.07) is 11.5. The van der Waals surface area contributed by atoms with E-state index < -0.39 is 10.0 Å². The molecular formula is C14H13N3O3S. The predicted molar refractivity (Wildman–Crippen MR) is 78.9 cm³/mol. The quantitative estimate of drug-likeness (QED) is 0.767. The number of anilines is 1. The molecule has 0 fully saturated rings. The second-order valence-corrected chi connectivity index (χ2v) is 6.26. The molecule has 0 atom stereocenters.